The zero-order valence-electron chi connectivity index (χ0n) is 48.0. The molecule has 0 unspecified atom stereocenters. The zero-order chi connectivity index (χ0) is 63.2. The lowest BCUT2D eigenvalue weighted by Crippen LogP contribution is -2.61. The van der Waals surface area contributed by atoms with Gasteiger partial charge in [-0.2, -0.15) is 0 Å². The number of nitrogens with zero attached hydrogens (tertiary/aromatic N) is 4. The molecule has 0 bridgehead atoms. The van der Waals surface area contributed by atoms with Gasteiger partial charge in [-0.1, -0.05) is 39.2 Å². The standard InChI is InChI=1S/C50H88N20O13/c1-7-14-31(62-39(74)25-59-42(76)32(15-9-11-20-51)64-44(78)33(61-29(6)72)16-10-12-21-52)43(77)68-37(26-71)48(82)69-40(28(5)8-2)49(83)65-34(18-19-38(53)73)45(79)67-36(24-60-70-57)47(81)66-35(23-27(3)4)46(80)63-30(41(54)75)17-13-22-58-50(55)56/h1,27-28,30-37,40,71H,8-26,51-52H2,2-6H3,(H2,53,73)(H2,54,75)(H,59,76)(H,61,72)(H,62,74)(H,63,80)(H,64,78)(H,65,83)(H,66,81)(H,67,79)(H,68,77)(H,69,82)(H4,55,56,58)/t28-,30-,31-,32-,33-,34-,35-,36-,37-,40-/m0/s1. The van der Waals surface area contributed by atoms with E-state index in [0.29, 0.717) is 38.8 Å². The molecule has 23 N–H and O–H groups in total. The van der Waals surface area contributed by atoms with Crippen LogP contribution in [0.3, 0.4) is 0 Å². The number of rotatable bonds is 43. The topological polar surface area (TPSA) is 563 Å². The van der Waals surface area contributed by atoms with Crippen LogP contribution in [-0.4, -0.2) is 176 Å². The monoisotopic (exact) mass is 1180 g/mol. The molecule has 33 nitrogen and oxygen atoms in total. The van der Waals surface area contributed by atoms with Crippen molar-refractivity contribution in [2.75, 3.05) is 39.3 Å². The molecule has 0 aromatic heterocycles. The quantitative estimate of drug-likeness (QED) is 0.00514. The molecule has 0 spiro atoms. The second kappa shape index (κ2) is 41.6. The van der Waals surface area contributed by atoms with Crippen molar-refractivity contribution in [2.24, 2.45) is 56.3 Å². The summed E-state index contributed by atoms with van der Waals surface area (Å²) >= 11 is 0. The number of aliphatic hydroxyl groups excluding tert-OH is 1. The maximum atomic E-state index is 14.1. The number of primary amides is 2. The van der Waals surface area contributed by atoms with Gasteiger partial charge in [-0.25, -0.2) is 0 Å². The van der Waals surface area contributed by atoms with E-state index < -0.39 is 170 Å². The lowest BCUT2D eigenvalue weighted by atomic mass is 9.97. The van der Waals surface area contributed by atoms with E-state index in [1.165, 1.54) is 6.92 Å². The molecule has 0 aromatic carbocycles. The molecule has 0 fully saturated rings. The van der Waals surface area contributed by atoms with Crippen LogP contribution in [-0.2, 0) is 57.5 Å². The highest BCUT2D eigenvalue weighted by Gasteiger charge is 2.36. The first-order valence-corrected chi connectivity index (χ1v) is 27.2. The van der Waals surface area contributed by atoms with Crippen molar-refractivity contribution in [3.05, 3.63) is 10.4 Å². The number of carbonyl (C=O) groups excluding carboxylic acids is 12. The van der Waals surface area contributed by atoms with Crippen LogP contribution >= 0.6 is 0 Å². The van der Waals surface area contributed by atoms with Gasteiger partial charge in [0.15, 0.2) is 5.96 Å². The number of hydrogen-bond donors (Lipinski definition) is 17. The third-order valence-corrected chi connectivity index (χ3v) is 12.4. The number of nitrogens with two attached hydrogens (primary N) is 6. The van der Waals surface area contributed by atoms with E-state index >= 15 is 0 Å². The Kier molecular flexibility index (Phi) is 37.4. The van der Waals surface area contributed by atoms with Gasteiger partial charge >= 0.3 is 0 Å². The van der Waals surface area contributed by atoms with Gasteiger partial charge in [-0.3, -0.25) is 62.5 Å². The summed E-state index contributed by atoms with van der Waals surface area (Å²) in [6.07, 6.45) is 6.91. The third kappa shape index (κ3) is 31.5. The Morgan fingerprint density at radius 1 is 0.590 bits per heavy atom. The molecule has 466 valence electrons. The lowest BCUT2D eigenvalue weighted by molar-refractivity contribution is -0.136. The molecule has 0 saturated heterocycles. The Labute approximate surface area is 482 Å². The second-order valence-corrected chi connectivity index (χ2v) is 19.9. The SMILES string of the molecule is C#CC[C@H](NC(=O)CNC(=O)[C@H](CCCCN)NC(=O)[C@H](CCCCN)NC(C)=O)C(=O)N[C@@H](CO)C(=O)N[C@H](C(=O)N[C@@H](CCC(N)=O)C(=O)N[C@@H](CN=[N+]=[N-])C(=O)N[C@@H](CC(C)C)C(=O)N[C@@H](CCCN=C(N)N)C(N)=O)[C@@H](C)CC. The van der Waals surface area contributed by atoms with Crippen LogP contribution in [0.5, 0.6) is 0 Å². The summed E-state index contributed by atoms with van der Waals surface area (Å²) in [7, 11) is 0. The van der Waals surface area contributed by atoms with E-state index in [0.717, 1.165) is 0 Å². The van der Waals surface area contributed by atoms with Gasteiger partial charge in [0.05, 0.1) is 19.7 Å². The highest BCUT2D eigenvalue weighted by atomic mass is 16.3. The molecule has 0 aliphatic rings. The number of guanidine groups is 1. The van der Waals surface area contributed by atoms with Gasteiger partial charge in [0.1, 0.15) is 54.4 Å². The fraction of sp³-hybridized carbons (Fsp3) is 0.700. The predicted octanol–water partition coefficient (Wildman–Crippen LogP) is -6.03. The molecule has 0 saturated carbocycles. The molecule has 0 heterocycles. The van der Waals surface area contributed by atoms with Crippen molar-refractivity contribution >= 4 is 76.8 Å². The van der Waals surface area contributed by atoms with Gasteiger partial charge in [0.2, 0.25) is 70.9 Å². The molecule has 0 radical (unpaired) electrons. The lowest BCUT2D eigenvalue weighted by Gasteiger charge is -2.29. The van der Waals surface area contributed by atoms with E-state index in [-0.39, 0.29) is 56.9 Å². The van der Waals surface area contributed by atoms with Gasteiger partial charge in [-0.15, -0.1) is 12.3 Å². The number of hydrogen-bond acceptors (Lipinski definition) is 17. The molecule has 83 heavy (non-hydrogen) atoms. The predicted molar refractivity (Wildman–Crippen MR) is 303 cm³/mol. The number of amides is 12. The first-order chi connectivity index (χ1) is 39.2. The van der Waals surface area contributed by atoms with E-state index in [1.807, 2.05) is 0 Å². The van der Waals surface area contributed by atoms with E-state index in [9.17, 15) is 62.6 Å². The molecule has 0 aromatic rings. The van der Waals surface area contributed by atoms with Crippen molar-refractivity contribution in [1.29, 1.82) is 0 Å². The van der Waals surface area contributed by atoms with Crippen molar-refractivity contribution in [3.63, 3.8) is 0 Å². The average Bonchev–Trinajstić information content (AvgIpc) is 3.42. The summed E-state index contributed by atoms with van der Waals surface area (Å²) in [5.74, 6) is -9.77. The summed E-state index contributed by atoms with van der Waals surface area (Å²) in [5, 5.41) is 38.1. The smallest absolute Gasteiger partial charge is 0.245 e. The van der Waals surface area contributed by atoms with Gasteiger partial charge in [-0.05, 0) is 94.7 Å². The highest BCUT2D eigenvalue weighted by molar-refractivity contribution is 5.99. The number of unbranched alkanes of at least 4 members (excludes halogenated alkanes) is 2. The maximum absolute atomic E-state index is 14.1. The number of terminal acetylenes is 1. The number of azide groups is 1. The Morgan fingerprint density at radius 3 is 1.58 bits per heavy atom. The normalized spacial score (nSPS) is 14.4. The summed E-state index contributed by atoms with van der Waals surface area (Å²) < 4.78 is 0. The summed E-state index contributed by atoms with van der Waals surface area (Å²) in [4.78, 5) is 165. The fourth-order valence-electron chi connectivity index (χ4n) is 7.76. The first-order valence-electron chi connectivity index (χ1n) is 27.2. The Morgan fingerprint density at radius 2 is 1.07 bits per heavy atom. The second-order valence-electron chi connectivity index (χ2n) is 19.9. The van der Waals surface area contributed by atoms with Crippen LogP contribution < -0.4 is 87.6 Å². The zero-order valence-corrected chi connectivity index (χ0v) is 48.0. The molecule has 0 rings (SSSR count). The molecule has 33 heteroatoms. The Bertz CT molecular complexity index is 2310. The van der Waals surface area contributed by atoms with Crippen LogP contribution in [0.4, 0.5) is 0 Å². The number of nitrogens with one attached hydrogen (secondary N) is 10. The van der Waals surface area contributed by atoms with Gasteiger partial charge < -0.3 is 92.7 Å². The molecule has 12 amide bonds. The molecule has 0 aliphatic heterocycles. The van der Waals surface area contributed by atoms with Crippen molar-refractivity contribution < 1.29 is 62.6 Å². The number of aliphatic imine (C=N–C) groups is 1. The van der Waals surface area contributed by atoms with Crippen LogP contribution in [0.2, 0.25) is 0 Å². The highest BCUT2D eigenvalue weighted by Crippen LogP contribution is 2.12. The summed E-state index contributed by atoms with van der Waals surface area (Å²) in [5.41, 5.74) is 41.9. The Hall–Kier alpha value is -8.34. The third-order valence-electron chi connectivity index (χ3n) is 12.4. The van der Waals surface area contributed by atoms with Gasteiger partial charge in [0, 0.05) is 31.2 Å². The van der Waals surface area contributed by atoms with Crippen LogP contribution in [0.25, 0.3) is 10.4 Å². The molecular formula is C50H88N20O13. The average molecular weight is 1180 g/mol. The minimum atomic E-state index is -1.79. The Balaban J connectivity index is 6.40. The van der Waals surface area contributed by atoms with Crippen molar-refractivity contribution in [2.45, 2.75) is 172 Å². The summed E-state index contributed by atoms with van der Waals surface area (Å²) in [6, 6.07) is -12.9. The maximum Gasteiger partial charge on any atom is 0.245 e. The summed E-state index contributed by atoms with van der Waals surface area (Å²) in [6.45, 7) is 6.15. The van der Waals surface area contributed by atoms with E-state index in [4.69, 9.17) is 46.4 Å². The molecular weight excluding hydrogens is 1090 g/mol. The van der Waals surface area contributed by atoms with Crippen molar-refractivity contribution in [1.82, 2.24) is 53.2 Å². The van der Waals surface area contributed by atoms with E-state index in [2.05, 4.69) is 74.1 Å². The van der Waals surface area contributed by atoms with Crippen LogP contribution in [0.15, 0.2) is 10.1 Å². The van der Waals surface area contributed by atoms with Crippen molar-refractivity contribution in [3.8, 4) is 12.3 Å². The fourth-order valence-corrected chi connectivity index (χ4v) is 7.76. The number of aliphatic hydroxyl groups is 1. The first kappa shape index (κ1) is 74.7. The minimum Gasteiger partial charge on any atom is -0.394 e. The van der Waals surface area contributed by atoms with Crippen LogP contribution in [0.1, 0.15) is 118 Å². The molecule has 10 atom stereocenters. The number of carbonyl (C=O) groups is 12. The van der Waals surface area contributed by atoms with Crippen LogP contribution in [0, 0.1) is 24.2 Å². The van der Waals surface area contributed by atoms with Gasteiger partial charge in [0.25, 0.3) is 0 Å². The largest absolute Gasteiger partial charge is 0.394 e. The minimum absolute atomic E-state index is 0.00668. The van der Waals surface area contributed by atoms with E-state index in [1.54, 1.807) is 27.7 Å². The molecule has 0 aliphatic carbocycles.